The summed E-state index contributed by atoms with van der Waals surface area (Å²) in [6.45, 7) is 0. The SMILES string of the molecule is ClCc1nc2cc(Cl)c(Cl)cc2n1-c1ccc(I)cc1Cl. The molecule has 0 fully saturated rings. The van der Waals surface area contributed by atoms with Crippen LogP contribution in [0.15, 0.2) is 30.3 Å². The summed E-state index contributed by atoms with van der Waals surface area (Å²) in [6, 6.07) is 9.30. The van der Waals surface area contributed by atoms with Crippen LogP contribution < -0.4 is 0 Å². The maximum atomic E-state index is 6.37. The van der Waals surface area contributed by atoms with Crippen LogP contribution in [0.5, 0.6) is 0 Å². The fraction of sp³-hybridized carbons (Fsp3) is 0.0714. The molecule has 0 atom stereocenters. The molecule has 1 aromatic heterocycles. The number of alkyl halides is 1. The third-order valence-corrected chi connectivity index (χ3v) is 4.97. The third-order valence-electron chi connectivity index (χ3n) is 3.04. The predicted molar refractivity (Wildman–Crippen MR) is 98.4 cm³/mol. The molecule has 1 heterocycles. The lowest BCUT2D eigenvalue weighted by Crippen LogP contribution is -2.00. The van der Waals surface area contributed by atoms with Crippen molar-refractivity contribution in [3.63, 3.8) is 0 Å². The van der Waals surface area contributed by atoms with Crippen molar-refractivity contribution in [1.82, 2.24) is 9.55 Å². The van der Waals surface area contributed by atoms with Crippen LogP contribution in [0.3, 0.4) is 0 Å². The number of fused-ring (bicyclic) bond motifs is 1. The maximum absolute atomic E-state index is 6.37. The van der Waals surface area contributed by atoms with E-state index in [1.807, 2.05) is 22.8 Å². The van der Waals surface area contributed by atoms with E-state index in [4.69, 9.17) is 46.4 Å². The molecule has 2 aromatic carbocycles. The largest absolute Gasteiger partial charge is 0.294 e. The van der Waals surface area contributed by atoms with Gasteiger partial charge >= 0.3 is 0 Å². The fourth-order valence-electron chi connectivity index (χ4n) is 2.14. The zero-order valence-electron chi connectivity index (χ0n) is 10.4. The molecule has 0 bridgehead atoms. The van der Waals surface area contributed by atoms with Gasteiger partial charge in [-0.1, -0.05) is 34.8 Å². The van der Waals surface area contributed by atoms with Gasteiger partial charge in [-0.05, 0) is 52.9 Å². The van der Waals surface area contributed by atoms with E-state index >= 15 is 0 Å². The van der Waals surface area contributed by atoms with Gasteiger partial charge in [0.05, 0.1) is 37.7 Å². The van der Waals surface area contributed by atoms with Crippen molar-refractivity contribution in [3.8, 4) is 5.69 Å². The molecule has 2 nitrogen and oxygen atoms in total. The van der Waals surface area contributed by atoms with Crippen molar-refractivity contribution in [2.45, 2.75) is 5.88 Å². The minimum Gasteiger partial charge on any atom is -0.294 e. The number of benzene rings is 2. The zero-order valence-corrected chi connectivity index (χ0v) is 15.6. The molecule has 21 heavy (non-hydrogen) atoms. The van der Waals surface area contributed by atoms with Crippen molar-refractivity contribution in [3.05, 3.63) is 54.8 Å². The van der Waals surface area contributed by atoms with Crippen LogP contribution in [0.1, 0.15) is 5.82 Å². The standard InChI is InChI=1S/C14H7Cl4IN2/c15-6-14-20-11-4-8(16)9(17)5-13(11)21(14)12-2-1-7(19)3-10(12)18/h1-5H,6H2. The van der Waals surface area contributed by atoms with Crippen molar-refractivity contribution < 1.29 is 0 Å². The minimum atomic E-state index is 0.256. The lowest BCUT2D eigenvalue weighted by molar-refractivity contribution is 0.981. The van der Waals surface area contributed by atoms with Crippen molar-refractivity contribution in [1.29, 1.82) is 0 Å². The molecule has 0 aliphatic carbocycles. The van der Waals surface area contributed by atoms with Crippen molar-refractivity contribution in [2.75, 3.05) is 0 Å². The molecule has 7 heteroatoms. The normalized spacial score (nSPS) is 11.3. The van der Waals surface area contributed by atoms with E-state index < -0.39 is 0 Å². The van der Waals surface area contributed by atoms with E-state index in [0.717, 1.165) is 20.3 Å². The molecule has 0 radical (unpaired) electrons. The van der Waals surface area contributed by atoms with Gasteiger partial charge in [0.15, 0.2) is 0 Å². The summed E-state index contributed by atoms with van der Waals surface area (Å²) in [7, 11) is 0. The van der Waals surface area contributed by atoms with Crippen LogP contribution in [0.25, 0.3) is 16.7 Å². The molecule has 0 aliphatic rings. The van der Waals surface area contributed by atoms with Gasteiger partial charge in [0.2, 0.25) is 0 Å². The van der Waals surface area contributed by atoms with E-state index in [2.05, 4.69) is 27.6 Å². The van der Waals surface area contributed by atoms with Gasteiger partial charge in [0.1, 0.15) is 5.82 Å². The molecule has 0 saturated heterocycles. The number of nitrogens with zero attached hydrogens (tertiary/aromatic N) is 2. The highest BCUT2D eigenvalue weighted by atomic mass is 127. The first-order chi connectivity index (χ1) is 10.0. The first kappa shape index (κ1) is 15.7. The first-order valence-corrected chi connectivity index (χ1v) is 8.63. The van der Waals surface area contributed by atoms with Gasteiger partial charge in [-0.3, -0.25) is 4.57 Å². The Morgan fingerprint density at radius 3 is 2.38 bits per heavy atom. The van der Waals surface area contributed by atoms with E-state index in [1.165, 1.54) is 0 Å². The summed E-state index contributed by atoms with van der Waals surface area (Å²) in [4.78, 5) is 4.50. The summed E-state index contributed by atoms with van der Waals surface area (Å²) in [6.07, 6.45) is 0. The molecule has 0 amide bonds. The molecule has 3 rings (SSSR count). The summed E-state index contributed by atoms with van der Waals surface area (Å²) < 4.78 is 2.96. The van der Waals surface area contributed by atoms with E-state index in [0.29, 0.717) is 20.9 Å². The fourth-order valence-corrected chi connectivity index (χ4v) is 3.58. The number of rotatable bonds is 2. The van der Waals surface area contributed by atoms with Gasteiger partial charge < -0.3 is 0 Å². The van der Waals surface area contributed by atoms with Gasteiger partial charge in [0, 0.05) is 3.57 Å². The Balaban J connectivity index is 2.37. The summed E-state index contributed by atoms with van der Waals surface area (Å²) >= 11 is 26.8. The van der Waals surface area contributed by atoms with Crippen LogP contribution in [0.4, 0.5) is 0 Å². The Morgan fingerprint density at radius 2 is 1.71 bits per heavy atom. The number of halogens is 5. The predicted octanol–water partition coefficient (Wildman–Crippen LogP) is 6.33. The Hall–Kier alpha value is -0.200. The van der Waals surface area contributed by atoms with Gasteiger partial charge in [-0.2, -0.15) is 0 Å². The minimum absolute atomic E-state index is 0.256. The highest BCUT2D eigenvalue weighted by Crippen LogP contribution is 2.33. The Kier molecular flexibility index (Phi) is 4.58. The van der Waals surface area contributed by atoms with Crippen LogP contribution in [0.2, 0.25) is 15.1 Å². The second kappa shape index (κ2) is 6.13. The second-order valence-corrected chi connectivity index (χ2v) is 7.08. The first-order valence-electron chi connectivity index (χ1n) is 5.89. The van der Waals surface area contributed by atoms with E-state index in [-0.39, 0.29) is 5.88 Å². The van der Waals surface area contributed by atoms with Gasteiger partial charge in [-0.15, -0.1) is 11.6 Å². The lowest BCUT2D eigenvalue weighted by atomic mass is 10.2. The van der Waals surface area contributed by atoms with Crippen molar-refractivity contribution >= 4 is 80.0 Å². The number of hydrogen-bond acceptors (Lipinski definition) is 1. The lowest BCUT2D eigenvalue weighted by Gasteiger charge is -2.10. The molecule has 0 aliphatic heterocycles. The Morgan fingerprint density at radius 1 is 1.00 bits per heavy atom. The highest BCUT2D eigenvalue weighted by molar-refractivity contribution is 14.1. The van der Waals surface area contributed by atoms with Crippen LogP contribution in [-0.4, -0.2) is 9.55 Å². The van der Waals surface area contributed by atoms with Crippen LogP contribution in [0, 0.1) is 3.57 Å². The topological polar surface area (TPSA) is 17.8 Å². The number of hydrogen-bond donors (Lipinski definition) is 0. The highest BCUT2D eigenvalue weighted by Gasteiger charge is 2.16. The number of imidazole rings is 1. The van der Waals surface area contributed by atoms with Crippen molar-refractivity contribution in [2.24, 2.45) is 0 Å². The van der Waals surface area contributed by atoms with Crippen LogP contribution in [-0.2, 0) is 5.88 Å². The van der Waals surface area contributed by atoms with Crippen LogP contribution >= 0.6 is 69.0 Å². The molecule has 0 unspecified atom stereocenters. The average Bonchev–Trinajstić information content (AvgIpc) is 2.77. The average molecular weight is 472 g/mol. The maximum Gasteiger partial charge on any atom is 0.129 e. The van der Waals surface area contributed by atoms with E-state index in [9.17, 15) is 0 Å². The molecular weight excluding hydrogens is 465 g/mol. The smallest absolute Gasteiger partial charge is 0.129 e. The summed E-state index contributed by atoms with van der Waals surface area (Å²) in [5.41, 5.74) is 2.37. The van der Waals surface area contributed by atoms with Gasteiger partial charge in [-0.25, -0.2) is 4.98 Å². The summed E-state index contributed by atoms with van der Waals surface area (Å²) in [5.74, 6) is 0.944. The molecular formula is C14H7Cl4IN2. The molecule has 0 spiro atoms. The van der Waals surface area contributed by atoms with Gasteiger partial charge in [0.25, 0.3) is 0 Å². The molecule has 3 aromatic rings. The Labute approximate surface area is 155 Å². The van der Waals surface area contributed by atoms with E-state index in [1.54, 1.807) is 12.1 Å². The second-order valence-electron chi connectivity index (χ2n) is 4.35. The number of aromatic nitrogens is 2. The monoisotopic (exact) mass is 470 g/mol. The zero-order chi connectivity index (χ0) is 15.1. The third kappa shape index (κ3) is 2.86. The summed E-state index contributed by atoms with van der Waals surface area (Å²) in [5, 5.41) is 1.55. The molecule has 0 saturated carbocycles. The molecule has 108 valence electrons. The quantitative estimate of drug-likeness (QED) is 0.315. The Bertz CT molecular complexity index is 845. The molecule has 0 N–H and O–H groups in total.